The largest absolute Gasteiger partial charge is 0.339 e. The molecule has 0 saturated heterocycles. The van der Waals surface area contributed by atoms with Crippen molar-refractivity contribution in [3.63, 3.8) is 0 Å². The fraction of sp³-hybridized carbons (Fsp3) is 0.208. The monoisotopic (exact) mass is 420 g/mol. The molecule has 5 nitrogen and oxygen atoms in total. The Bertz CT molecular complexity index is 1100. The van der Waals surface area contributed by atoms with E-state index in [4.69, 9.17) is 0 Å². The van der Waals surface area contributed by atoms with Crippen LogP contribution < -0.4 is 10.0 Å². The molecule has 0 radical (unpaired) electrons. The Morgan fingerprint density at radius 1 is 0.867 bits per heavy atom. The van der Waals surface area contributed by atoms with E-state index in [0.29, 0.717) is 5.56 Å². The Balaban J connectivity index is 1.66. The van der Waals surface area contributed by atoms with Crippen LogP contribution in [0.15, 0.2) is 89.8 Å². The first-order chi connectivity index (χ1) is 14.4. The number of sulfonamides is 1. The zero-order valence-corrected chi connectivity index (χ0v) is 17.5. The fourth-order valence-electron chi connectivity index (χ4n) is 3.45. The van der Waals surface area contributed by atoms with Gasteiger partial charge in [0.2, 0.25) is 10.0 Å². The van der Waals surface area contributed by atoms with E-state index in [2.05, 4.69) is 10.0 Å². The van der Waals surface area contributed by atoms with Crippen molar-refractivity contribution in [2.45, 2.75) is 36.2 Å². The molecule has 6 heteroatoms. The van der Waals surface area contributed by atoms with Crippen molar-refractivity contribution in [3.8, 4) is 0 Å². The number of hydrogen-bond acceptors (Lipinski definition) is 3. The average molecular weight is 421 g/mol. The summed E-state index contributed by atoms with van der Waals surface area (Å²) in [6.45, 7) is 1.95. The van der Waals surface area contributed by atoms with Crippen LogP contribution in [0, 0.1) is 0 Å². The number of hydrogen-bond donors (Lipinski definition) is 2. The molecule has 30 heavy (non-hydrogen) atoms. The fourth-order valence-corrected chi connectivity index (χ4v) is 4.80. The lowest BCUT2D eigenvalue weighted by Gasteiger charge is -2.32. The third kappa shape index (κ3) is 4.30. The van der Waals surface area contributed by atoms with Crippen LogP contribution >= 0.6 is 0 Å². The number of carbonyl (C=O) groups excluding carboxylic acids is 1. The van der Waals surface area contributed by atoms with Crippen LogP contribution in [0.1, 0.15) is 41.3 Å². The second-order valence-electron chi connectivity index (χ2n) is 7.73. The summed E-state index contributed by atoms with van der Waals surface area (Å²) >= 11 is 0. The summed E-state index contributed by atoms with van der Waals surface area (Å²) in [5, 5.41) is 3.12. The lowest BCUT2D eigenvalue weighted by Crippen LogP contribution is -2.44. The molecule has 1 aliphatic rings. The Morgan fingerprint density at radius 3 is 1.97 bits per heavy atom. The highest BCUT2D eigenvalue weighted by Crippen LogP contribution is 2.30. The van der Waals surface area contributed by atoms with Gasteiger partial charge in [-0.3, -0.25) is 4.79 Å². The molecule has 0 unspecified atom stereocenters. The minimum atomic E-state index is -3.63. The van der Waals surface area contributed by atoms with Crippen molar-refractivity contribution in [1.82, 2.24) is 10.0 Å². The predicted molar refractivity (Wildman–Crippen MR) is 117 cm³/mol. The summed E-state index contributed by atoms with van der Waals surface area (Å²) in [6.07, 6.45) is 1.71. The van der Waals surface area contributed by atoms with Crippen LogP contribution in [-0.4, -0.2) is 20.4 Å². The molecule has 4 rings (SSSR count). The molecule has 1 aliphatic carbocycles. The molecule has 2 N–H and O–H groups in total. The smallest absolute Gasteiger partial charge is 0.252 e. The summed E-state index contributed by atoms with van der Waals surface area (Å²) in [7, 11) is -3.63. The molecule has 0 aromatic heterocycles. The van der Waals surface area contributed by atoms with E-state index in [1.54, 1.807) is 12.1 Å². The summed E-state index contributed by atoms with van der Waals surface area (Å²) in [6, 6.07) is 25.6. The molecule has 1 fully saturated rings. The third-order valence-electron chi connectivity index (χ3n) is 5.37. The second kappa shape index (κ2) is 8.05. The Labute approximate surface area is 177 Å². The van der Waals surface area contributed by atoms with Gasteiger partial charge in [-0.25, -0.2) is 13.1 Å². The van der Waals surface area contributed by atoms with Gasteiger partial charge in [-0.1, -0.05) is 66.7 Å². The van der Waals surface area contributed by atoms with E-state index in [0.717, 1.165) is 24.0 Å². The van der Waals surface area contributed by atoms with Crippen molar-refractivity contribution >= 4 is 15.9 Å². The van der Waals surface area contributed by atoms with Gasteiger partial charge in [-0.05, 0) is 49.1 Å². The Kier molecular flexibility index (Phi) is 5.45. The Hall–Kier alpha value is -2.96. The van der Waals surface area contributed by atoms with E-state index in [1.165, 1.54) is 12.1 Å². The normalized spacial score (nSPS) is 14.3. The maximum absolute atomic E-state index is 13.2. The number of carbonyl (C=O) groups is 1. The van der Waals surface area contributed by atoms with Crippen molar-refractivity contribution in [3.05, 3.63) is 102 Å². The van der Waals surface area contributed by atoms with Crippen LogP contribution in [0.2, 0.25) is 0 Å². The van der Waals surface area contributed by atoms with Gasteiger partial charge in [-0.15, -0.1) is 0 Å². The molecular formula is C24H24N2O3S. The molecule has 0 heterocycles. The highest BCUT2D eigenvalue weighted by molar-refractivity contribution is 7.89. The number of amides is 1. The molecule has 1 saturated carbocycles. The summed E-state index contributed by atoms with van der Waals surface area (Å²) in [5.74, 6) is -0.339. The molecule has 0 bridgehead atoms. The highest BCUT2D eigenvalue weighted by atomic mass is 32.2. The zero-order valence-electron chi connectivity index (χ0n) is 16.7. The zero-order chi connectivity index (χ0) is 21.2. The molecule has 3 aromatic carbocycles. The minimum Gasteiger partial charge on any atom is -0.339 e. The van der Waals surface area contributed by atoms with Gasteiger partial charge in [0.1, 0.15) is 0 Å². The van der Waals surface area contributed by atoms with Gasteiger partial charge in [0.25, 0.3) is 5.91 Å². The quantitative estimate of drug-likeness (QED) is 0.610. The van der Waals surface area contributed by atoms with Crippen molar-refractivity contribution in [2.75, 3.05) is 0 Å². The molecule has 154 valence electrons. The SMILES string of the molecule is CC(NC(=O)c1cccc(S(=O)(=O)NC2CC2)c1)(c1ccccc1)c1ccccc1. The standard InChI is InChI=1S/C24H24N2O3S/c1-24(19-10-4-2-5-11-19,20-12-6-3-7-13-20)25-23(27)18-9-8-14-22(17-18)30(28,29)26-21-15-16-21/h2-14,17,21,26H,15-16H2,1H3,(H,25,27). The number of benzene rings is 3. The van der Waals surface area contributed by atoms with Crippen molar-refractivity contribution in [1.29, 1.82) is 0 Å². The van der Waals surface area contributed by atoms with E-state index in [1.807, 2.05) is 67.6 Å². The number of nitrogens with one attached hydrogen (secondary N) is 2. The van der Waals surface area contributed by atoms with Crippen molar-refractivity contribution < 1.29 is 13.2 Å². The van der Waals surface area contributed by atoms with Crippen LogP contribution in [0.5, 0.6) is 0 Å². The summed E-state index contributed by atoms with van der Waals surface area (Å²) < 4.78 is 27.7. The van der Waals surface area contributed by atoms with Gasteiger partial charge in [0, 0.05) is 11.6 Å². The summed E-state index contributed by atoms with van der Waals surface area (Å²) in [5.41, 5.74) is 1.39. The Morgan fingerprint density at radius 2 is 1.43 bits per heavy atom. The van der Waals surface area contributed by atoms with Crippen molar-refractivity contribution in [2.24, 2.45) is 0 Å². The van der Waals surface area contributed by atoms with Gasteiger partial charge in [-0.2, -0.15) is 0 Å². The minimum absolute atomic E-state index is 0.00642. The maximum atomic E-state index is 13.2. The first-order valence-electron chi connectivity index (χ1n) is 9.94. The maximum Gasteiger partial charge on any atom is 0.252 e. The molecule has 3 aromatic rings. The van der Waals surface area contributed by atoms with E-state index in [-0.39, 0.29) is 16.8 Å². The predicted octanol–water partition coefficient (Wildman–Crippen LogP) is 3.82. The second-order valence-corrected chi connectivity index (χ2v) is 9.45. The molecule has 0 spiro atoms. The van der Waals surface area contributed by atoms with Gasteiger partial charge < -0.3 is 5.32 Å². The lowest BCUT2D eigenvalue weighted by molar-refractivity contribution is 0.0919. The summed E-state index contributed by atoms with van der Waals surface area (Å²) in [4.78, 5) is 13.3. The molecular weight excluding hydrogens is 396 g/mol. The van der Waals surface area contributed by atoms with Crippen LogP contribution in [-0.2, 0) is 15.6 Å². The average Bonchev–Trinajstić information content (AvgIpc) is 3.58. The van der Waals surface area contributed by atoms with Gasteiger partial charge >= 0.3 is 0 Å². The van der Waals surface area contributed by atoms with Crippen LogP contribution in [0.3, 0.4) is 0 Å². The molecule has 1 amide bonds. The molecule has 0 atom stereocenters. The van der Waals surface area contributed by atoms with E-state index in [9.17, 15) is 13.2 Å². The van der Waals surface area contributed by atoms with Gasteiger partial charge in [0.15, 0.2) is 0 Å². The van der Waals surface area contributed by atoms with E-state index < -0.39 is 15.6 Å². The number of rotatable bonds is 7. The van der Waals surface area contributed by atoms with E-state index >= 15 is 0 Å². The van der Waals surface area contributed by atoms with Gasteiger partial charge in [0.05, 0.1) is 10.4 Å². The molecule has 0 aliphatic heterocycles. The first-order valence-corrected chi connectivity index (χ1v) is 11.4. The first kappa shape index (κ1) is 20.3. The van der Waals surface area contributed by atoms with Crippen LogP contribution in [0.25, 0.3) is 0 Å². The highest BCUT2D eigenvalue weighted by Gasteiger charge is 2.32. The lowest BCUT2D eigenvalue weighted by atomic mass is 9.84. The third-order valence-corrected chi connectivity index (χ3v) is 6.89. The van der Waals surface area contributed by atoms with Crippen LogP contribution in [0.4, 0.5) is 0 Å². The topological polar surface area (TPSA) is 75.3 Å².